The van der Waals surface area contributed by atoms with Gasteiger partial charge in [0.15, 0.2) is 0 Å². The van der Waals surface area contributed by atoms with Gasteiger partial charge in [0.25, 0.3) is 0 Å². The van der Waals surface area contributed by atoms with Crippen molar-refractivity contribution in [3.05, 3.63) is 39.4 Å². The van der Waals surface area contributed by atoms with Gasteiger partial charge in [-0.2, -0.15) is 0 Å². The van der Waals surface area contributed by atoms with E-state index in [1.807, 2.05) is 17.0 Å². The van der Waals surface area contributed by atoms with Crippen molar-refractivity contribution < 1.29 is 14.3 Å². The molecule has 0 spiro atoms. The molecule has 0 radical (unpaired) electrons. The van der Waals surface area contributed by atoms with Crippen molar-refractivity contribution in [2.75, 3.05) is 43.1 Å². The van der Waals surface area contributed by atoms with Gasteiger partial charge in [-0.3, -0.25) is 9.47 Å². The zero-order valence-corrected chi connectivity index (χ0v) is 14.8. The SMILES string of the molecule is C[C@@H]1CN(c2c(F)cc3c(=O)c(C(=O)O)cn4c3c2CCN4C)CCN1. The van der Waals surface area contributed by atoms with E-state index in [0.717, 1.165) is 12.1 Å². The van der Waals surface area contributed by atoms with E-state index in [-0.39, 0.29) is 17.0 Å². The van der Waals surface area contributed by atoms with Crippen molar-refractivity contribution in [1.29, 1.82) is 0 Å². The van der Waals surface area contributed by atoms with Crippen molar-refractivity contribution >= 4 is 22.6 Å². The number of carboxylic acid groups (broad SMARTS) is 1. The summed E-state index contributed by atoms with van der Waals surface area (Å²) in [5, 5.41) is 14.7. The second-order valence-electron chi connectivity index (χ2n) is 7.04. The van der Waals surface area contributed by atoms with E-state index in [2.05, 4.69) is 12.2 Å². The average Bonchev–Trinajstić information content (AvgIpc) is 2.59. The van der Waals surface area contributed by atoms with Gasteiger partial charge < -0.3 is 20.3 Å². The standard InChI is InChI=1S/C18H21FN4O3/c1-10-8-22(6-4-20-10)16-11-3-5-21(2)23-9-13(18(25)26)17(24)12(15(11)23)7-14(16)19/h7,9-10,20H,3-6,8H2,1-2H3,(H,25,26)/t10-/m1/s1. The molecule has 0 amide bonds. The molecule has 4 rings (SSSR count). The number of carbonyl (C=O) groups is 1. The second kappa shape index (κ2) is 5.98. The molecule has 1 fully saturated rings. The van der Waals surface area contributed by atoms with Crippen LogP contribution in [-0.2, 0) is 6.42 Å². The number of nitrogens with zero attached hydrogens (tertiary/aromatic N) is 3. The number of halogens is 1. The molecule has 7 nitrogen and oxygen atoms in total. The largest absolute Gasteiger partial charge is 0.477 e. The van der Waals surface area contributed by atoms with E-state index < -0.39 is 17.2 Å². The van der Waals surface area contributed by atoms with Gasteiger partial charge in [-0.05, 0) is 19.4 Å². The minimum absolute atomic E-state index is 0.121. The highest BCUT2D eigenvalue weighted by molar-refractivity contribution is 5.95. The predicted octanol–water partition coefficient (Wildman–Crippen LogP) is 0.761. The number of likely N-dealkylation sites (N-methyl/N-ethyl adjacent to an activating group) is 1. The number of aromatic carboxylic acids is 1. The summed E-state index contributed by atoms with van der Waals surface area (Å²) in [5.41, 5.74) is 0.937. The summed E-state index contributed by atoms with van der Waals surface area (Å²) in [6, 6.07) is 1.44. The molecule has 0 unspecified atom stereocenters. The Hall–Kier alpha value is -2.61. The van der Waals surface area contributed by atoms with Crippen LogP contribution in [0.5, 0.6) is 0 Å². The molecule has 1 aromatic heterocycles. The Balaban J connectivity index is 2.03. The van der Waals surface area contributed by atoms with Crippen LogP contribution in [0, 0.1) is 5.82 Å². The third-order valence-electron chi connectivity index (χ3n) is 5.26. The molecular weight excluding hydrogens is 339 g/mol. The number of pyridine rings is 1. The van der Waals surface area contributed by atoms with E-state index in [0.29, 0.717) is 37.3 Å². The Kier molecular flexibility index (Phi) is 3.87. The fraction of sp³-hybridized carbons (Fsp3) is 0.444. The van der Waals surface area contributed by atoms with Crippen molar-refractivity contribution in [1.82, 2.24) is 9.99 Å². The quantitative estimate of drug-likeness (QED) is 0.824. The summed E-state index contributed by atoms with van der Waals surface area (Å²) >= 11 is 0. The molecule has 1 aromatic carbocycles. The first-order valence-electron chi connectivity index (χ1n) is 8.72. The molecule has 3 heterocycles. The van der Waals surface area contributed by atoms with Crippen LogP contribution in [-0.4, -0.2) is 55.0 Å². The zero-order chi connectivity index (χ0) is 18.6. The Morgan fingerprint density at radius 2 is 2.15 bits per heavy atom. The maximum Gasteiger partial charge on any atom is 0.341 e. The molecule has 0 saturated carbocycles. The van der Waals surface area contributed by atoms with Gasteiger partial charge in [0, 0.05) is 51.0 Å². The number of carboxylic acids is 1. The molecule has 0 aliphatic carbocycles. The van der Waals surface area contributed by atoms with Crippen molar-refractivity contribution in [3.8, 4) is 0 Å². The molecule has 2 N–H and O–H groups in total. The fourth-order valence-corrected chi connectivity index (χ4v) is 4.02. The molecule has 0 bridgehead atoms. The number of anilines is 1. The average molecular weight is 360 g/mol. The van der Waals surface area contributed by atoms with Gasteiger partial charge in [0.2, 0.25) is 5.43 Å². The third-order valence-corrected chi connectivity index (χ3v) is 5.26. The molecule has 2 aliphatic rings. The summed E-state index contributed by atoms with van der Waals surface area (Å²) in [6.07, 6.45) is 1.95. The van der Waals surface area contributed by atoms with Crippen LogP contribution in [0.1, 0.15) is 22.8 Å². The predicted molar refractivity (Wildman–Crippen MR) is 97.5 cm³/mol. The second-order valence-corrected chi connectivity index (χ2v) is 7.04. The summed E-state index contributed by atoms with van der Waals surface area (Å²) in [7, 11) is 1.83. The first kappa shape index (κ1) is 16.8. The number of benzene rings is 1. The number of nitrogens with one attached hydrogen (secondary N) is 1. The maximum absolute atomic E-state index is 15.1. The number of aromatic nitrogens is 1. The lowest BCUT2D eigenvalue weighted by atomic mass is 9.99. The smallest absolute Gasteiger partial charge is 0.341 e. The van der Waals surface area contributed by atoms with Crippen LogP contribution in [0.15, 0.2) is 17.1 Å². The normalized spacial score (nSPS) is 19.9. The van der Waals surface area contributed by atoms with Gasteiger partial charge >= 0.3 is 5.97 Å². The molecule has 8 heteroatoms. The van der Waals surface area contributed by atoms with Crippen LogP contribution >= 0.6 is 0 Å². The highest BCUT2D eigenvalue weighted by Crippen LogP contribution is 2.34. The molecular formula is C18H21FN4O3. The van der Waals surface area contributed by atoms with E-state index in [1.54, 1.807) is 4.68 Å². The Morgan fingerprint density at radius 1 is 1.38 bits per heavy atom. The van der Waals surface area contributed by atoms with Gasteiger partial charge in [0.1, 0.15) is 11.4 Å². The number of hydrogen-bond acceptors (Lipinski definition) is 5. The molecule has 138 valence electrons. The Morgan fingerprint density at radius 3 is 2.85 bits per heavy atom. The lowest BCUT2D eigenvalue weighted by Crippen LogP contribution is -2.50. The lowest BCUT2D eigenvalue weighted by Gasteiger charge is -2.38. The summed E-state index contributed by atoms with van der Waals surface area (Å²) in [4.78, 5) is 26.1. The van der Waals surface area contributed by atoms with Crippen LogP contribution in [0.2, 0.25) is 0 Å². The number of piperazine rings is 1. The van der Waals surface area contributed by atoms with Crippen LogP contribution in [0.3, 0.4) is 0 Å². The van der Waals surface area contributed by atoms with Gasteiger partial charge in [-0.1, -0.05) is 0 Å². The lowest BCUT2D eigenvalue weighted by molar-refractivity contribution is 0.0695. The van der Waals surface area contributed by atoms with Crippen LogP contribution in [0.25, 0.3) is 10.9 Å². The summed E-state index contributed by atoms with van der Waals surface area (Å²) in [5.74, 6) is -1.76. The van der Waals surface area contributed by atoms with Crippen molar-refractivity contribution in [3.63, 3.8) is 0 Å². The molecule has 1 atom stereocenters. The number of hydrogen-bond donors (Lipinski definition) is 2. The topological polar surface area (TPSA) is 77.8 Å². The minimum Gasteiger partial charge on any atom is -0.477 e. The summed E-state index contributed by atoms with van der Waals surface area (Å²) in [6.45, 7) is 4.81. The van der Waals surface area contributed by atoms with E-state index >= 15 is 4.39 Å². The van der Waals surface area contributed by atoms with Gasteiger partial charge in [-0.25, -0.2) is 9.18 Å². The zero-order valence-electron chi connectivity index (χ0n) is 14.8. The van der Waals surface area contributed by atoms with E-state index in [4.69, 9.17) is 0 Å². The highest BCUT2D eigenvalue weighted by Gasteiger charge is 2.29. The number of rotatable bonds is 2. The Labute approximate surface area is 149 Å². The highest BCUT2D eigenvalue weighted by atomic mass is 19.1. The molecule has 2 aromatic rings. The first-order valence-corrected chi connectivity index (χ1v) is 8.72. The van der Waals surface area contributed by atoms with Crippen LogP contribution < -0.4 is 20.7 Å². The van der Waals surface area contributed by atoms with E-state index in [1.165, 1.54) is 12.3 Å². The summed E-state index contributed by atoms with van der Waals surface area (Å²) < 4.78 is 16.7. The maximum atomic E-state index is 15.1. The molecule has 26 heavy (non-hydrogen) atoms. The molecule has 2 aliphatic heterocycles. The Bertz CT molecular complexity index is 971. The van der Waals surface area contributed by atoms with Crippen molar-refractivity contribution in [2.45, 2.75) is 19.4 Å². The van der Waals surface area contributed by atoms with Gasteiger partial charge in [0.05, 0.1) is 16.6 Å². The fourth-order valence-electron chi connectivity index (χ4n) is 4.02. The third kappa shape index (κ3) is 2.44. The van der Waals surface area contributed by atoms with Crippen molar-refractivity contribution in [2.24, 2.45) is 0 Å². The van der Waals surface area contributed by atoms with Crippen LogP contribution in [0.4, 0.5) is 10.1 Å². The first-order chi connectivity index (χ1) is 12.4. The monoisotopic (exact) mass is 360 g/mol. The minimum atomic E-state index is -1.30. The molecule has 1 saturated heterocycles. The van der Waals surface area contributed by atoms with E-state index in [9.17, 15) is 14.7 Å². The van der Waals surface area contributed by atoms with Gasteiger partial charge in [-0.15, -0.1) is 0 Å².